The second-order valence-corrected chi connectivity index (χ2v) is 6.41. The van der Waals surface area contributed by atoms with Gasteiger partial charge in [0, 0.05) is 5.92 Å². The van der Waals surface area contributed by atoms with E-state index in [1.807, 2.05) is 36.4 Å². The molecule has 3 nitrogen and oxygen atoms in total. The van der Waals surface area contributed by atoms with E-state index in [2.05, 4.69) is 37.2 Å². The number of hydrogen-bond acceptors (Lipinski definition) is 3. The maximum atomic E-state index is 12.8. The fraction of sp³-hybridized carbons (Fsp3) is 0.421. The summed E-state index contributed by atoms with van der Waals surface area (Å²) in [5, 5.41) is 0. The number of allylic oxidation sites excluding steroid dienone is 2. The van der Waals surface area contributed by atoms with Gasteiger partial charge in [-0.05, 0) is 45.1 Å². The van der Waals surface area contributed by atoms with E-state index in [1.165, 1.54) is 0 Å². The zero-order chi connectivity index (χ0) is 15.6. The molecule has 0 bridgehead atoms. The third-order valence-electron chi connectivity index (χ3n) is 4.73. The van der Waals surface area contributed by atoms with E-state index < -0.39 is 5.41 Å². The second-order valence-electron chi connectivity index (χ2n) is 6.41. The first-order valence-electron chi connectivity index (χ1n) is 7.91. The van der Waals surface area contributed by atoms with Crippen LogP contribution in [0, 0.1) is 5.92 Å². The molecule has 3 unspecified atom stereocenters. The van der Waals surface area contributed by atoms with Crippen molar-refractivity contribution in [3.63, 3.8) is 0 Å². The van der Waals surface area contributed by atoms with Gasteiger partial charge in [-0.2, -0.15) is 0 Å². The van der Waals surface area contributed by atoms with Crippen molar-refractivity contribution >= 4 is 5.97 Å². The number of carbonyl (C=O) groups is 1. The summed E-state index contributed by atoms with van der Waals surface area (Å²) in [5.74, 6) is 0.0122. The average Bonchev–Trinajstić information content (AvgIpc) is 2.81. The Hall–Kier alpha value is -1.87. The van der Waals surface area contributed by atoms with E-state index in [9.17, 15) is 4.79 Å². The van der Waals surface area contributed by atoms with E-state index in [0.717, 1.165) is 24.9 Å². The molecule has 1 aromatic rings. The molecule has 22 heavy (non-hydrogen) atoms. The number of rotatable bonds is 5. The Balaban J connectivity index is 1.97. The van der Waals surface area contributed by atoms with Crippen molar-refractivity contribution in [1.82, 2.24) is 4.90 Å². The SMILES string of the molecule is CN(C)CCCC1(c2ccccc2)C(=O)OC2C=CC=CC21. The molecule has 3 rings (SSSR count). The van der Waals surface area contributed by atoms with Gasteiger partial charge in [-0.15, -0.1) is 0 Å². The summed E-state index contributed by atoms with van der Waals surface area (Å²) < 4.78 is 5.70. The van der Waals surface area contributed by atoms with Crippen molar-refractivity contribution in [2.24, 2.45) is 5.92 Å². The first-order chi connectivity index (χ1) is 10.6. The van der Waals surface area contributed by atoms with Crippen LogP contribution in [0.3, 0.4) is 0 Å². The van der Waals surface area contributed by atoms with Crippen LogP contribution in [0.1, 0.15) is 18.4 Å². The van der Waals surface area contributed by atoms with Gasteiger partial charge in [0.2, 0.25) is 0 Å². The Morgan fingerprint density at radius 3 is 2.59 bits per heavy atom. The zero-order valence-electron chi connectivity index (χ0n) is 13.2. The number of benzene rings is 1. The predicted molar refractivity (Wildman–Crippen MR) is 87.6 cm³/mol. The van der Waals surface area contributed by atoms with Gasteiger partial charge < -0.3 is 9.64 Å². The minimum absolute atomic E-state index is 0.0799. The smallest absolute Gasteiger partial charge is 0.317 e. The van der Waals surface area contributed by atoms with E-state index in [0.29, 0.717) is 0 Å². The molecule has 1 fully saturated rings. The molecule has 0 aromatic heterocycles. The normalized spacial score (nSPS) is 29.7. The number of ether oxygens (including phenoxy) is 1. The van der Waals surface area contributed by atoms with Crippen LogP contribution in [0.25, 0.3) is 0 Å². The molecule has 0 amide bonds. The maximum absolute atomic E-state index is 12.8. The van der Waals surface area contributed by atoms with Gasteiger partial charge in [0.15, 0.2) is 0 Å². The third-order valence-corrected chi connectivity index (χ3v) is 4.73. The highest BCUT2D eigenvalue weighted by molar-refractivity contribution is 5.87. The van der Waals surface area contributed by atoms with Crippen molar-refractivity contribution in [3.8, 4) is 0 Å². The summed E-state index contributed by atoms with van der Waals surface area (Å²) in [6.45, 7) is 0.971. The lowest BCUT2D eigenvalue weighted by Crippen LogP contribution is -2.39. The monoisotopic (exact) mass is 297 g/mol. The highest BCUT2D eigenvalue weighted by atomic mass is 16.6. The van der Waals surface area contributed by atoms with E-state index in [4.69, 9.17) is 4.74 Å². The van der Waals surface area contributed by atoms with E-state index >= 15 is 0 Å². The molecular formula is C19H23NO2. The van der Waals surface area contributed by atoms with Gasteiger partial charge >= 0.3 is 5.97 Å². The van der Waals surface area contributed by atoms with Gasteiger partial charge in [0.25, 0.3) is 0 Å². The minimum atomic E-state index is -0.552. The molecule has 1 heterocycles. The van der Waals surface area contributed by atoms with Crippen LogP contribution in [0.15, 0.2) is 54.6 Å². The molecule has 2 aliphatic rings. The Morgan fingerprint density at radius 2 is 1.86 bits per heavy atom. The topological polar surface area (TPSA) is 29.5 Å². The van der Waals surface area contributed by atoms with Crippen molar-refractivity contribution in [2.45, 2.75) is 24.4 Å². The molecule has 1 aliphatic heterocycles. The summed E-state index contributed by atoms with van der Waals surface area (Å²) in [6.07, 6.45) is 9.79. The molecule has 116 valence electrons. The van der Waals surface area contributed by atoms with E-state index in [-0.39, 0.29) is 18.0 Å². The first-order valence-corrected chi connectivity index (χ1v) is 7.91. The largest absolute Gasteiger partial charge is 0.457 e. The lowest BCUT2D eigenvalue weighted by Gasteiger charge is -2.32. The van der Waals surface area contributed by atoms with Crippen LogP contribution in [-0.4, -0.2) is 37.6 Å². The summed E-state index contributed by atoms with van der Waals surface area (Å²) in [5.41, 5.74) is 0.523. The fourth-order valence-electron chi connectivity index (χ4n) is 3.64. The Kier molecular flexibility index (Phi) is 4.16. The third kappa shape index (κ3) is 2.50. The summed E-state index contributed by atoms with van der Waals surface area (Å²) in [6, 6.07) is 10.1. The molecule has 0 radical (unpaired) electrons. The summed E-state index contributed by atoms with van der Waals surface area (Å²) in [4.78, 5) is 15.0. The van der Waals surface area contributed by atoms with Gasteiger partial charge in [-0.3, -0.25) is 4.79 Å². The number of hydrogen-bond donors (Lipinski definition) is 0. The maximum Gasteiger partial charge on any atom is 0.317 e. The highest BCUT2D eigenvalue weighted by Crippen LogP contribution is 2.48. The van der Waals surface area contributed by atoms with Gasteiger partial charge in [0.05, 0.1) is 0 Å². The molecule has 0 N–H and O–H groups in total. The van der Waals surface area contributed by atoms with Crippen LogP contribution in [0.5, 0.6) is 0 Å². The molecule has 3 heteroatoms. The quantitative estimate of drug-likeness (QED) is 0.783. The molecule has 1 saturated heterocycles. The molecule has 0 spiro atoms. The van der Waals surface area contributed by atoms with Crippen molar-refractivity contribution in [2.75, 3.05) is 20.6 Å². The minimum Gasteiger partial charge on any atom is -0.457 e. The Bertz CT molecular complexity index is 591. The Morgan fingerprint density at radius 1 is 1.14 bits per heavy atom. The predicted octanol–water partition coefficient (Wildman–Crippen LogP) is 2.93. The van der Waals surface area contributed by atoms with Gasteiger partial charge in [0.1, 0.15) is 11.5 Å². The molecule has 0 saturated carbocycles. The van der Waals surface area contributed by atoms with Crippen LogP contribution in [0.2, 0.25) is 0 Å². The number of nitrogens with zero attached hydrogens (tertiary/aromatic N) is 1. The fourth-order valence-corrected chi connectivity index (χ4v) is 3.64. The Labute approximate surface area is 132 Å². The zero-order valence-corrected chi connectivity index (χ0v) is 13.2. The molecule has 1 aliphatic carbocycles. The summed E-state index contributed by atoms with van der Waals surface area (Å²) >= 11 is 0. The van der Waals surface area contributed by atoms with Crippen LogP contribution in [0.4, 0.5) is 0 Å². The lowest BCUT2D eigenvalue weighted by molar-refractivity contribution is -0.144. The number of fused-ring (bicyclic) bond motifs is 1. The molecular weight excluding hydrogens is 274 g/mol. The number of carbonyl (C=O) groups excluding carboxylic acids is 1. The van der Waals surface area contributed by atoms with Crippen LogP contribution in [-0.2, 0) is 14.9 Å². The average molecular weight is 297 g/mol. The van der Waals surface area contributed by atoms with Crippen LogP contribution >= 0.6 is 0 Å². The van der Waals surface area contributed by atoms with Crippen molar-refractivity contribution < 1.29 is 9.53 Å². The lowest BCUT2D eigenvalue weighted by atomic mass is 9.66. The van der Waals surface area contributed by atoms with E-state index in [1.54, 1.807) is 0 Å². The van der Waals surface area contributed by atoms with Gasteiger partial charge in [-0.1, -0.05) is 48.6 Å². The van der Waals surface area contributed by atoms with Crippen LogP contribution < -0.4 is 0 Å². The molecule has 3 atom stereocenters. The first kappa shape index (κ1) is 15.0. The molecule has 1 aromatic carbocycles. The highest BCUT2D eigenvalue weighted by Gasteiger charge is 2.56. The van der Waals surface area contributed by atoms with Crippen molar-refractivity contribution in [3.05, 3.63) is 60.2 Å². The van der Waals surface area contributed by atoms with Crippen molar-refractivity contribution in [1.29, 1.82) is 0 Å². The standard InChI is InChI=1S/C19H23NO2/c1-20(2)14-8-13-19(15-9-4-3-5-10-15)16-11-6-7-12-17(16)22-18(19)21/h3-7,9-12,16-17H,8,13-14H2,1-2H3. The second kappa shape index (κ2) is 6.09. The van der Waals surface area contributed by atoms with Gasteiger partial charge in [-0.25, -0.2) is 0 Å². The summed E-state index contributed by atoms with van der Waals surface area (Å²) in [7, 11) is 4.13. The number of esters is 1.